The molecule has 7 nitrogen and oxygen atoms in total. The number of carbonyl (C=O) groups is 1. The van der Waals surface area contributed by atoms with E-state index in [2.05, 4.69) is 47.4 Å². The van der Waals surface area contributed by atoms with Crippen molar-refractivity contribution in [1.82, 2.24) is 0 Å². The fraction of sp³-hybridized carbons (Fsp3) is 0.257. The van der Waals surface area contributed by atoms with E-state index < -0.39 is 22.3 Å². The summed E-state index contributed by atoms with van der Waals surface area (Å²) in [5, 5.41) is 14.9. The lowest BCUT2D eigenvalue weighted by atomic mass is 9.66. The van der Waals surface area contributed by atoms with Crippen molar-refractivity contribution in [1.29, 1.82) is 0 Å². The fourth-order valence-electron chi connectivity index (χ4n) is 7.35. The maximum absolute atomic E-state index is 13.0. The van der Waals surface area contributed by atoms with Crippen molar-refractivity contribution in [2.24, 2.45) is 10.9 Å². The van der Waals surface area contributed by atoms with Gasteiger partial charge in [0.25, 0.3) is 0 Å². The van der Waals surface area contributed by atoms with E-state index in [0.717, 1.165) is 53.4 Å². The molecule has 2 heterocycles. The van der Waals surface area contributed by atoms with Gasteiger partial charge < -0.3 is 9.64 Å². The highest BCUT2D eigenvalue weighted by atomic mass is 16.6. The summed E-state index contributed by atoms with van der Waals surface area (Å²) in [5.74, 6) is -0.573. The topological polar surface area (TPSA) is 85.0 Å². The Balaban J connectivity index is 1.59. The predicted octanol–water partition coefficient (Wildman–Crippen LogP) is 5.95. The Morgan fingerprint density at radius 1 is 1.00 bits per heavy atom. The molecule has 7 heteroatoms. The summed E-state index contributed by atoms with van der Waals surface area (Å²) < 4.78 is 5.17. The molecule has 1 saturated carbocycles. The Labute approximate surface area is 243 Å². The molecular formula is C35H31N3O4. The largest absolute Gasteiger partial charge is 0.458 e. The molecular weight excluding hydrogens is 526 g/mol. The quantitative estimate of drug-likeness (QED) is 0.172. The molecule has 4 aromatic carbocycles. The van der Waals surface area contributed by atoms with Gasteiger partial charge in [-0.05, 0) is 48.8 Å². The molecule has 0 unspecified atom stereocenters. The van der Waals surface area contributed by atoms with Crippen LogP contribution in [0, 0.1) is 16.0 Å². The Morgan fingerprint density at radius 3 is 2.40 bits per heavy atom. The van der Waals surface area contributed by atoms with Gasteiger partial charge in [-0.1, -0.05) is 97.4 Å². The number of allylic oxidation sites excluding steroid dienone is 1. The summed E-state index contributed by atoms with van der Waals surface area (Å²) in [6.07, 6.45) is 6.41. The van der Waals surface area contributed by atoms with Crippen LogP contribution in [0.2, 0.25) is 0 Å². The molecule has 0 amide bonds. The maximum Gasteiger partial charge on any atom is 0.410 e. The van der Waals surface area contributed by atoms with Gasteiger partial charge in [-0.2, -0.15) is 0 Å². The molecule has 7 rings (SSSR count). The lowest BCUT2D eigenvalue weighted by Gasteiger charge is -2.53. The van der Waals surface area contributed by atoms with Crippen LogP contribution in [0.3, 0.4) is 0 Å². The number of anilines is 1. The van der Waals surface area contributed by atoms with Crippen molar-refractivity contribution in [2.45, 2.75) is 44.2 Å². The predicted molar refractivity (Wildman–Crippen MR) is 163 cm³/mol. The van der Waals surface area contributed by atoms with E-state index in [1.165, 1.54) is 5.56 Å². The molecule has 0 aromatic heterocycles. The van der Waals surface area contributed by atoms with Crippen LogP contribution in [0.25, 0.3) is 22.2 Å². The monoisotopic (exact) mass is 557 g/mol. The summed E-state index contributed by atoms with van der Waals surface area (Å²) in [5.41, 5.74) is 3.04. The van der Waals surface area contributed by atoms with Crippen molar-refractivity contribution in [3.8, 4) is 0 Å². The molecule has 1 spiro atoms. The average Bonchev–Trinajstić information content (AvgIpc) is 3.35. The molecule has 0 N–H and O–H groups in total. The molecule has 3 aliphatic rings. The summed E-state index contributed by atoms with van der Waals surface area (Å²) in [4.78, 5) is 32.7. The van der Waals surface area contributed by atoms with Crippen LogP contribution in [0.15, 0.2) is 102 Å². The summed E-state index contributed by atoms with van der Waals surface area (Å²) in [6.45, 7) is 1.70. The van der Waals surface area contributed by atoms with Crippen molar-refractivity contribution in [3.63, 3.8) is 0 Å². The number of ether oxygens (including phenoxy) is 1. The molecule has 4 aromatic rings. The van der Waals surface area contributed by atoms with E-state index in [1.54, 1.807) is 13.0 Å². The van der Waals surface area contributed by atoms with Gasteiger partial charge >= 0.3 is 11.7 Å². The van der Waals surface area contributed by atoms with E-state index in [9.17, 15) is 14.9 Å². The van der Waals surface area contributed by atoms with Crippen LogP contribution >= 0.6 is 0 Å². The highest BCUT2D eigenvalue weighted by Crippen LogP contribution is 2.56. The van der Waals surface area contributed by atoms with Crippen molar-refractivity contribution >= 4 is 33.8 Å². The molecule has 3 atom stereocenters. The molecule has 0 saturated heterocycles. The van der Waals surface area contributed by atoms with E-state index in [4.69, 9.17) is 9.73 Å². The second-order valence-electron chi connectivity index (χ2n) is 11.2. The Kier molecular flexibility index (Phi) is 6.38. The molecule has 2 aliphatic heterocycles. The molecule has 1 aliphatic carbocycles. The number of hydrogen-bond donors (Lipinski definition) is 0. The second kappa shape index (κ2) is 10.2. The fourth-order valence-corrected chi connectivity index (χ4v) is 7.35. The van der Waals surface area contributed by atoms with Crippen molar-refractivity contribution < 1.29 is 14.5 Å². The van der Waals surface area contributed by atoms with Gasteiger partial charge in [-0.25, -0.2) is 4.79 Å². The van der Waals surface area contributed by atoms with Gasteiger partial charge in [0.1, 0.15) is 5.66 Å². The lowest BCUT2D eigenvalue weighted by Crippen LogP contribution is -2.55. The smallest absolute Gasteiger partial charge is 0.410 e. The molecule has 0 radical (unpaired) electrons. The lowest BCUT2D eigenvalue weighted by molar-refractivity contribution is -0.378. The van der Waals surface area contributed by atoms with E-state index in [0.29, 0.717) is 5.39 Å². The first-order valence-electron chi connectivity index (χ1n) is 14.6. The normalized spacial score (nSPS) is 23.2. The summed E-state index contributed by atoms with van der Waals surface area (Å²) in [6, 6.07) is 30.3. The van der Waals surface area contributed by atoms with Gasteiger partial charge in [-0.3, -0.25) is 15.1 Å². The van der Waals surface area contributed by atoms with Crippen LogP contribution in [0.1, 0.15) is 49.7 Å². The number of rotatable bonds is 5. The number of hydrogen-bond acceptors (Lipinski definition) is 6. The van der Waals surface area contributed by atoms with Crippen LogP contribution < -0.4 is 15.5 Å². The third-order valence-electron chi connectivity index (χ3n) is 9.01. The Bertz CT molecular complexity index is 1870. The van der Waals surface area contributed by atoms with Crippen LogP contribution in [0.5, 0.6) is 0 Å². The SMILES string of the molecule is CCOC(=O)/C(=c1/cc2c(c3ccccc13)=N[C@]13CCCC[C@H]1[C@@H](c1ccccc1)C=C(c1ccccc1)N23)[N+](=O)[O-]. The zero-order valence-corrected chi connectivity index (χ0v) is 23.4. The standard InChI is InChI=1S/C35H31N3O4/c1-2-42-34(39)33(38(40)41)28-22-31-32(26-18-10-9-17-25(26)28)36-35-20-12-11-19-29(35)27(23-13-5-3-6-14-23)21-30(37(31)35)24-15-7-4-8-16-24/h3-10,13-18,21-22,27,29H,2,11-12,19-20H2,1H3/b33-28+/t27-,29+,35+/m1/s1. The third-order valence-corrected chi connectivity index (χ3v) is 9.01. The molecule has 0 bridgehead atoms. The zero-order valence-electron chi connectivity index (χ0n) is 23.4. The van der Waals surface area contributed by atoms with Gasteiger partial charge in [0.05, 0.1) is 27.8 Å². The number of esters is 1. The number of nitro groups is 1. The van der Waals surface area contributed by atoms with Gasteiger partial charge in [0.15, 0.2) is 0 Å². The first kappa shape index (κ1) is 26.1. The summed E-state index contributed by atoms with van der Waals surface area (Å²) in [7, 11) is 0. The molecule has 1 fully saturated rings. The van der Waals surface area contributed by atoms with Gasteiger partial charge in [0.2, 0.25) is 0 Å². The number of fused-ring (bicyclic) bond motifs is 4. The van der Waals surface area contributed by atoms with Gasteiger partial charge in [0, 0.05) is 22.9 Å². The number of carbonyl (C=O) groups excluding carboxylic acids is 1. The molecule has 42 heavy (non-hydrogen) atoms. The first-order chi connectivity index (χ1) is 20.5. The van der Waals surface area contributed by atoms with Crippen LogP contribution in [-0.4, -0.2) is 23.2 Å². The second-order valence-corrected chi connectivity index (χ2v) is 11.2. The minimum Gasteiger partial charge on any atom is -0.458 e. The van der Waals surface area contributed by atoms with Crippen LogP contribution in [-0.2, 0) is 9.53 Å². The highest BCUT2D eigenvalue weighted by Gasteiger charge is 2.55. The zero-order chi connectivity index (χ0) is 28.8. The van der Waals surface area contributed by atoms with E-state index in [1.807, 2.05) is 48.5 Å². The maximum atomic E-state index is 13.0. The molecule has 210 valence electrons. The summed E-state index contributed by atoms with van der Waals surface area (Å²) >= 11 is 0. The van der Waals surface area contributed by atoms with Crippen LogP contribution in [0.4, 0.5) is 5.69 Å². The van der Waals surface area contributed by atoms with E-state index in [-0.39, 0.29) is 23.7 Å². The number of benzene rings is 4. The first-order valence-corrected chi connectivity index (χ1v) is 14.6. The van der Waals surface area contributed by atoms with Crippen molar-refractivity contribution in [3.05, 3.63) is 129 Å². The van der Waals surface area contributed by atoms with Gasteiger partial charge in [-0.15, -0.1) is 0 Å². The Hall–Kier alpha value is -4.78. The average molecular weight is 558 g/mol. The minimum absolute atomic E-state index is 0.0487. The van der Waals surface area contributed by atoms with Crippen molar-refractivity contribution in [2.75, 3.05) is 11.5 Å². The highest BCUT2D eigenvalue weighted by molar-refractivity contribution is 6.08. The van der Waals surface area contributed by atoms with E-state index >= 15 is 0 Å². The third kappa shape index (κ3) is 3.95. The Morgan fingerprint density at radius 2 is 1.69 bits per heavy atom. The number of nitrogens with zero attached hydrogens (tertiary/aromatic N) is 3. The minimum atomic E-state index is -0.936.